The lowest BCUT2D eigenvalue weighted by atomic mass is 9.85. The van der Waals surface area contributed by atoms with Crippen LogP contribution in [0.15, 0.2) is 12.2 Å². The molecule has 1 saturated heterocycles. The lowest BCUT2D eigenvalue weighted by Crippen LogP contribution is -2.41. The van der Waals surface area contributed by atoms with Crippen molar-refractivity contribution in [2.45, 2.75) is 31.7 Å². The first kappa shape index (κ1) is 10.5. The molecule has 4 heteroatoms. The fraction of sp³-hybridized carbons (Fsp3) is 0.643. The van der Waals surface area contributed by atoms with Crippen molar-refractivity contribution in [3.05, 3.63) is 12.2 Å². The SMILES string of the molecule is O=C1C2C=CC1C1C(=O)N(C3CCCC3)C(=O)C21. The molecule has 0 N–H and O–H groups in total. The van der Waals surface area contributed by atoms with Crippen LogP contribution >= 0.6 is 0 Å². The van der Waals surface area contributed by atoms with Gasteiger partial charge in [-0.25, -0.2) is 0 Å². The van der Waals surface area contributed by atoms with E-state index in [0.717, 1.165) is 25.7 Å². The second kappa shape index (κ2) is 3.31. The van der Waals surface area contributed by atoms with Gasteiger partial charge in [0.15, 0.2) is 0 Å². The summed E-state index contributed by atoms with van der Waals surface area (Å²) in [5.74, 6) is -1.46. The maximum absolute atomic E-state index is 12.4. The van der Waals surface area contributed by atoms with Crippen LogP contribution in [-0.2, 0) is 14.4 Å². The van der Waals surface area contributed by atoms with E-state index in [2.05, 4.69) is 0 Å². The van der Waals surface area contributed by atoms with Gasteiger partial charge < -0.3 is 0 Å². The number of ketones is 1. The van der Waals surface area contributed by atoms with Crippen LogP contribution < -0.4 is 0 Å². The molecule has 0 aromatic heterocycles. The minimum atomic E-state index is -0.374. The molecule has 3 fully saturated rings. The van der Waals surface area contributed by atoms with Crippen molar-refractivity contribution < 1.29 is 14.4 Å². The molecule has 4 atom stereocenters. The van der Waals surface area contributed by atoms with E-state index in [-0.39, 0.29) is 47.3 Å². The van der Waals surface area contributed by atoms with Crippen LogP contribution in [0.25, 0.3) is 0 Å². The largest absolute Gasteiger partial charge is 0.298 e. The Kier molecular flexibility index (Phi) is 1.92. The van der Waals surface area contributed by atoms with Gasteiger partial charge in [-0.1, -0.05) is 25.0 Å². The molecule has 2 saturated carbocycles. The van der Waals surface area contributed by atoms with E-state index in [4.69, 9.17) is 0 Å². The van der Waals surface area contributed by atoms with E-state index in [1.807, 2.05) is 12.2 Å². The standard InChI is InChI=1S/C14H15NO3/c16-12-8-5-6-9(12)11-10(8)13(17)15(14(11)18)7-3-1-2-4-7/h5-11H,1-4H2. The number of hydrogen-bond donors (Lipinski definition) is 0. The Morgan fingerprint density at radius 2 is 1.39 bits per heavy atom. The third-order valence-corrected chi connectivity index (χ3v) is 5.08. The summed E-state index contributed by atoms with van der Waals surface area (Å²) in [4.78, 5) is 38.3. The number of fused-ring (bicyclic) bond motifs is 5. The van der Waals surface area contributed by atoms with Crippen molar-refractivity contribution in [2.75, 3.05) is 0 Å². The van der Waals surface area contributed by atoms with E-state index < -0.39 is 0 Å². The number of likely N-dealkylation sites (tertiary alicyclic amines) is 1. The molecule has 94 valence electrons. The average Bonchev–Trinajstić information content (AvgIpc) is 3.08. The Bertz CT molecular complexity index is 455. The van der Waals surface area contributed by atoms with Crippen LogP contribution in [-0.4, -0.2) is 28.5 Å². The lowest BCUT2D eigenvalue weighted by Gasteiger charge is -2.23. The van der Waals surface area contributed by atoms with Gasteiger partial charge in [-0.2, -0.15) is 0 Å². The predicted molar refractivity (Wildman–Crippen MR) is 62.2 cm³/mol. The van der Waals surface area contributed by atoms with Crippen LogP contribution in [0.2, 0.25) is 0 Å². The molecule has 3 aliphatic carbocycles. The summed E-state index contributed by atoms with van der Waals surface area (Å²) in [5.41, 5.74) is 0. The number of hydrogen-bond acceptors (Lipinski definition) is 3. The fourth-order valence-electron chi connectivity index (χ4n) is 4.26. The molecular formula is C14H15NO3. The molecule has 4 rings (SSSR count). The number of carbonyl (C=O) groups is 3. The van der Waals surface area contributed by atoms with E-state index in [1.165, 1.54) is 4.90 Å². The number of amides is 2. The van der Waals surface area contributed by atoms with Gasteiger partial charge >= 0.3 is 0 Å². The van der Waals surface area contributed by atoms with Crippen molar-refractivity contribution >= 4 is 17.6 Å². The Balaban J connectivity index is 1.71. The van der Waals surface area contributed by atoms with Crippen molar-refractivity contribution in [3.63, 3.8) is 0 Å². The van der Waals surface area contributed by atoms with Crippen LogP contribution in [0.3, 0.4) is 0 Å². The number of carbonyl (C=O) groups excluding carboxylic acids is 3. The van der Waals surface area contributed by atoms with Crippen molar-refractivity contribution in [3.8, 4) is 0 Å². The third-order valence-electron chi connectivity index (χ3n) is 5.08. The van der Waals surface area contributed by atoms with E-state index in [9.17, 15) is 14.4 Å². The summed E-state index contributed by atoms with van der Waals surface area (Å²) >= 11 is 0. The van der Waals surface area contributed by atoms with Crippen LogP contribution in [0.1, 0.15) is 25.7 Å². The highest BCUT2D eigenvalue weighted by molar-refractivity contribution is 6.13. The number of nitrogens with zero attached hydrogens (tertiary/aromatic N) is 1. The first-order valence-electron chi connectivity index (χ1n) is 6.79. The second-order valence-electron chi connectivity index (χ2n) is 5.88. The average molecular weight is 245 g/mol. The maximum Gasteiger partial charge on any atom is 0.234 e. The zero-order valence-corrected chi connectivity index (χ0v) is 10.0. The molecule has 4 aliphatic rings. The van der Waals surface area contributed by atoms with E-state index in [1.54, 1.807) is 0 Å². The smallest absolute Gasteiger partial charge is 0.234 e. The minimum Gasteiger partial charge on any atom is -0.298 e. The molecule has 0 radical (unpaired) electrons. The molecule has 1 aliphatic heterocycles. The van der Waals surface area contributed by atoms with Crippen molar-refractivity contribution in [1.82, 2.24) is 4.90 Å². The first-order valence-corrected chi connectivity index (χ1v) is 6.79. The summed E-state index contributed by atoms with van der Waals surface area (Å²) in [6.07, 6.45) is 7.73. The van der Waals surface area contributed by atoms with E-state index in [0.29, 0.717) is 0 Å². The topological polar surface area (TPSA) is 54.5 Å². The van der Waals surface area contributed by atoms with Crippen molar-refractivity contribution in [1.29, 1.82) is 0 Å². The van der Waals surface area contributed by atoms with Gasteiger partial charge in [-0.15, -0.1) is 0 Å². The zero-order valence-electron chi connectivity index (χ0n) is 10.0. The number of rotatable bonds is 1. The van der Waals surface area contributed by atoms with Crippen LogP contribution in [0.4, 0.5) is 0 Å². The molecule has 4 unspecified atom stereocenters. The van der Waals surface area contributed by atoms with Gasteiger partial charge in [0.25, 0.3) is 0 Å². The normalized spacial score (nSPS) is 42.4. The Hall–Kier alpha value is -1.45. The Labute approximate surface area is 105 Å². The van der Waals surface area contributed by atoms with E-state index >= 15 is 0 Å². The monoisotopic (exact) mass is 245 g/mol. The number of allylic oxidation sites excluding steroid dienone is 2. The summed E-state index contributed by atoms with van der Waals surface area (Å²) in [7, 11) is 0. The molecule has 0 spiro atoms. The van der Waals surface area contributed by atoms with Crippen molar-refractivity contribution in [2.24, 2.45) is 23.7 Å². The van der Waals surface area contributed by atoms with Crippen LogP contribution in [0.5, 0.6) is 0 Å². The summed E-state index contributed by atoms with van der Waals surface area (Å²) in [6.45, 7) is 0. The Morgan fingerprint density at radius 1 is 0.889 bits per heavy atom. The minimum absolute atomic E-state index is 0.0813. The third kappa shape index (κ3) is 1.05. The summed E-state index contributed by atoms with van der Waals surface area (Å²) in [6, 6.07) is 0.102. The lowest BCUT2D eigenvalue weighted by molar-refractivity contribution is -0.145. The van der Waals surface area contributed by atoms with Gasteiger partial charge in [-0.3, -0.25) is 19.3 Å². The van der Waals surface area contributed by atoms with Gasteiger partial charge in [0.05, 0.1) is 11.8 Å². The molecule has 4 nitrogen and oxygen atoms in total. The van der Waals surface area contributed by atoms with Gasteiger partial charge in [0.2, 0.25) is 11.8 Å². The number of Topliss-reactive ketones (excluding diaryl/α,β-unsaturated/α-hetero) is 1. The fourth-order valence-corrected chi connectivity index (χ4v) is 4.26. The highest BCUT2D eigenvalue weighted by atomic mass is 16.2. The van der Waals surface area contributed by atoms with Gasteiger partial charge in [0.1, 0.15) is 5.78 Å². The van der Waals surface area contributed by atoms with Gasteiger partial charge in [-0.05, 0) is 12.8 Å². The molecule has 2 bridgehead atoms. The first-order chi connectivity index (χ1) is 8.70. The molecule has 2 amide bonds. The molecule has 0 aromatic rings. The highest BCUT2D eigenvalue weighted by Crippen LogP contribution is 2.51. The zero-order chi connectivity index (χ0) is 12.4. The predicted octanol–water partition coefficient (Wildman–Crippen LogP) is 0.915. The second-order valence-corrected chi connectivity index (χ2v) is 5.88. The maximum atomic E-state index is 12.4. The summed E-state index contributed by atoms with van der Waals surface area (Å²) in [5, 5.41) is 0. The van der Waals surface area contributed by atoms with Gasteiger partial charge in [0, 0.05) is 17.9 Å². The molecule has 0 aromatic carbocycles. The molecule has 18 heavy (non-hydrogen) atoms. The highest BCUT2D eigenvalue weighted by Gasteiger charge is 2.64. The van der Waals surface area contributed by atoms with Crippen LogP contribution in [0, 0.1) is 23.7 Å². The quantitative estimate of drug-likeness (QED) is 0.510. The Morgan fingerprint density at radius 3 is 1.89 bits per heavy atom. The summed E-state index contributed by atoms with van der Waals surface area (Å²) < 4.78 is 0. The number of imide groups is 1. The molecular weight excluding hydrogens is 230 g/mol. The molecule has 1 heterocycles.